The number of rotatable bonds is 7. The van der Waals surface area contributed by atoms with Gasteiger partial charge in [-0.15, -0.1) is 0 Å². The molecule has 0 saturated carbocycles. The molecule has 0 amide bonds. The average Bonchev–Trinajstić information content (AvgIpc) is 3.07. The van der Waals surface area contributed by atoms with E-state index in [0.29, 0.717) is 12.7 Å². The van der Waals surface area contributed by atoms with Gasteiger partial charge >= 0.3 is 0 Å². The van der Waals surface area contributed by atoms with E-state index in [2.05, 4.69) is 34.4 Å². The van der Waals surface area contributed by atoms with E-state index in [1.54, 1.807) is 0 Å². The number of hydrogen-bond acceptors (Lipinski definition) is 3. The van der Waals surface area contributed by atoms with E-state index in [0.717, 1.165) is 37.8 Å². The highest BCUT2D eigenvalue weighted by Crippen LogP contribution is 2.15. The van der Waals surface area contributed by atoms with Crippen molar-refractivity contribution in [3.8, 4) is 5.75 Å². The number of hydrogen-bond donors (Lipinski definition) is 1. The summed E-state index contributed by atoms with van der Waals surface area (Å²) < 4.78 is 11.1. The first-order valence-corrected chi connectivity index (χ1v) is 8.48. The standard InChI is InChI=1S/C18H29N3O2/c1-4-22-17-9-7-15(8-10-17)14-21(3)18(19-2)20-12-11-16-6-5-13-23-16/h7-10,16H,4-6,11-14H2,1-3H3,(H,19,20). The minimum absolute atomic E-state index is 0.414. The van der Waals surface area contributed by atoms with E-state index < -0.39 is 0 Å². The third-order valence-corrected chi connectivity index (χ3v) is 4.00. The van der Waals surface area contributed by atoms with Crippen molar-refractivity contribution in [3.63, 3.8) is 0 Å². The largest absolute Gasteiger partial charge is 0.494 e. The van der Waals surface area contributed by atoms with Crippen LogP contribution in [0.5, 0.6) is 5.75 Å². The predicted octanol–water partition coefficient (Wildman–Crippen LogP) is 2.66. The van der Waals surface area contributed by atoms with E-state index >= 15 is 0 Å². The fraction of sp³-hybridized carbons (Fsp3) is 0.611. The summed E-state index contributed by atoms with van der Waals surface area (Å²) in [6, 6.07) is 8.23. The lowest BCUT2D eigenvalue weighted by atomic mass is 10.2. The Morgan fingerprint density at radius 1 is 1.39 bits per heavy atom. The molecule has 1 atom stereocenters. The molecule has 1 N–H and O–H groups in total. The molecule has 1 unspecified atom stereocenters. The summed E-state index contributed by atoms with van der Waals surface area (Å²) in [6.45, 7) is 5.31. The van der Waals surface area contributed by atoms with Gasteiger partial charge in [0.2, 0.25) is 0 Å². The van der Waals surface area contributed by atoms with Gasteiger partial charge in [0.15, 0.2) is 5.96 Å². The second-order valence-corrected chi connectivity index (χ2v) is 5.83. The molecule has 1 aliphatic rings. The molecular formula is C18H29N3O2. The summed E-state index contributed by atoms with van der Waals surface area (Å²) in [5, 5.41) is 3.42. The van der Waals surface area contributed by atoms with Gasteiger partial charge in [0.25, 0.3) is 0 Å². The Kier molecular flexibility index (Phi) is 7.20. The number of nitrogens with zero attached hydrogens (tertiary/aromatic N) is 2. The van der Waals surface area contributed by atoms with Crippen LogP contribution >= 0.6 is 0 Å². The van der Waals surface area contributed by atoms with E-state index in [1.165, 1.54) is 18.4 Å². The summed E-state index contributed by atoms with van der Waals surface area (Å²) >= 11 is 0. The molecule has 1 aromatic carbocycles. The van der Waals surface area contributed by atoms with Gasteiger partial charge in [-0.3, -0.25) is 4.99 Å². The first-order chi connectivity index (χ1) is 11.2. The van der Waals surface area contributed by atoms with Gasteiger partial charge in [0.1, 0.15) is 5.75 Å². The Bertz CT molecular complexity index is 482. The maximum absolute atomic E-state index is 5.65. The molecule has 128 valence electrons. The van der Waals surface area contributed by atoms with Crippen molar-refractivity contribution in [3.05, 3.63) is 29.8 Å². The number of guanidine groups is 1. The topological polar surface area (TPSA) is 46.1 Å². The molecule has 0 aromatic heterocycles. The lowest BCUT2D eigenvalue weighted by molar-refractivity contribution is 0.105. The summed E-state index contributed by atoms with van der Waals surface area (Å²) in [4.78, 5) is 6.49. The molecule has 0 spiro atoms. The van der Waals surface area contributed by atoms with Gasteiger partial charge < -0.3 is 19.7 Å². The van der Waals surface area contributed by atoms with Crippen LogP contribution in [0.1, 0.15) is 31.7 Å². The molecule has 1 aliphatic heterocycles. The van der Waals surface area contributed by atoms with Gasteiger partial charge in [-0.25, -0.2) is 0 Å². The fourth-order valence-electron chi connectivity index (χ4n) is 2.81. The molecule has 23 heavy (non-hydrogen) atoms. The SMILES string of the molecule is CCOc1ccc(CN(C)C(=NC)NCCC2CCCO2)cc1. The molecule has 2 rings (SSSR count). The third-order valence-electron chi connectivity index (χ3n) is 4.00. The summed E-state index contributed by atoms with van der Waals surface area (Å²) in [5.41, 5.74) is 1.23. The Morgan fingerprint density at radius 2 is 2.17 bits per heavy atom. The number of nitrogens with one attached hydrogen (secondary N) is 1. The Morgan fingerprint density at radius 3 is 2.78 bits per heavy atom. The average molecular weight is 319 g/mol. The van der Waals surface area contributed by atoms with Crippen LogP contribution in [0.15, 0.2) is 29.3 Å². The van der Waals surface area contributed by atoms with Crippen molar-refractivity contribution < 1.29 is 9.47 Å². The van der Waals surface area contributed by atoms with Crippen molar-refractivity contribution >= 4 is 5.96 Å². The maximum Gasteiger partial charge on any atom is 0.193 e. The van der Waals surface area contributed by atoms with Crippen molar-refractivity contribution in [2.45, 2.75) is 38.8 Å². The van der Waals surface area contributed by atoms with E-state index in [4.69, 9.17) is 9.47 Å². The minimum atomic E-state index is 0.414. The predicted molar refractivity (Wildman–Crippen MR) is 94.0 cm³/mol. The molecule has 1 heterocycles. The minimum Gasteiger partial charge on any atom is -0.494 e. The molecule has 5 heteroatoms. The van der Waals surface area contributed by atoms with E-state index in [9.17, 15) is 0 Å². The molecule has 0 aliphatic carbocycles. The van der Waals surface area contributed by atoms with E-state index in [1.807, 2.05) is 26.1 Å². The summed E-state index contributed by atoms with van der Waals surface area (Å²) in [5.74, 6) is 1.83. The number of ether oxygens (including phenoxy) is 2. The van der Waals surface area contributed by atoms with Crippen LogP contribution in [0.25, 0.3) is 0 Å². The van der Waals surface area contributed by atoms with Gasteiger partial charge in [-0.2, -0.15) is 0 Å². The Labute approximate surface area is 139 Å². The summed E-state index contributed by atoms with van der Waals surface area (Å²) in [7, 11) is 3.88. The van der Waals surface area contributed by atoms with Crippen LogP contribution in [-0.4, -0.2) is 50.8 Å². The number of aliphatic imine (C=N–C) groups is 1. The zero-order valence-corrected chi connectivity index (χ0v) is 14.5. The smallest absolute Gasteiger partial charge is 0.193 e. The van der Waals surface area contributed by atoms with Crippen molar-refractivity contribution in [2.75, 3.05) is 33.9 Å². The first-order valence-electron chi connectivity index (χ1n) is 8.48. The van der Waals surface area contributed by atoms with Crippen molar-refractivity contribution in [1.29, 1.82) is 0 Å². The highest BCUT2D eigenvalue weighted by molar-refractivity contribution is 5.79. The maximum atomic E-state index is 5.65. The van der Waals surface area contributed by atoms with Crippen molar-refractivity contribution in [2.24, 2.45) is 4.99 Å². The zero-order valence-electron chi connectivity index (χ0n) is 14.5. The third kappa shape index (κ3) is 5.75. The molecular weight excluding hydrogens is 290 g/mol. The normalized spacial score (nSPS) is 18.0. The fourth-order valence-corrected chi connectivity index (χ4v) is 2.81. The quantitative estimate of drug-likeness (QED) is 0.620. The zero-order chi connectivity index (χ0) is 16.5. The van der Waals surface area contributed by atoms with Crippen molar-refractivity contribution in [1.82, 2.24) is 10.2 Å². The van der Waals surface area contributed by atoms with Gasteiger partial charge in [0.05, 0.1) is 12.7 Å². The molecule has 5 nitrogen and oxygen atoms in total. The highest BCUT2D eigenvalue weighted by atomic mass is 16.5. The number of benzene rings is 1. The van der Waals surface area contributed by atoms with Gasteiger partial charge in [0, 0.05) is 33.8 Å². The molecule has 1 saturated heterocycles. The van der Waals surface area contributed by atoms with Crippen LogP contribution in [0.4, 0.5) is 0 Å². The lowest BCUT2D eigenvalue weighted by Crippen LogP contribution is -2.39. The first kappa shape index (κ1) is 17.6. The summed E-state index contributed by atoms with van der Waals surface area (Å²) in [6.07, 6.45) is 3.83. The van der Waals surface area contributed by atoms with Crippen LogP contribution in [0.3, 0.4) is 0 Å². The van der Waals surface area contributed by atoms with Crippen LogP contribution < -0.4 is 10.1 Å². The second kappa shape index (κ2) is 9.40. The molecule has 1 fully saturated rings. The Hall–Kier alpha value is -1.75. The van der Waals surface area contributed by atoms with Crippen LogP contribution in [0.2, 0.25) is 0 Å². The van der Waals surface area contributed by atoms with Gasteiger partial charge in [-0.1, -0.05) is 12.1 Å². The molecule has 0 bridgehead atoms. The van der Waals surface area contributed by atoms with Crippen LogP contribution in [0, 0.1) is 0 Å². The van der Waals surface area contributed by atoms with Crippen LogP contribution in [-0.2, 0) is 11.3 Å². The van der Waals surface area contributed by atoms with E-state index in [-0.39, 0.29) is 0 Å². The lowest BCUT2D eigenvalue weighted by Gasteiger charge is -2.23. The van der Waals surface area contributed by atoms with Gasteiger partial charge in [-0.05, 0) is 43.9 Å². The highest BCUT2D eigenvalue weighted by Gasteiger charge is 2.15. The Balaban J connectivity index is 1.78. The molecule has 0 radical (unpaired) electrons. The molecule has 1 aromatic rings. The second-order valence-electron chi connectivity index (χ2n) is 5.83. The monoisotopic (exact) mass is 319 g/mol.